The van der Waals surface area contributed by atoms with Gasteiger partial charge in [-0.25, -0.2) is 14.5 Å². The maximum absolute atomic E-state index is 11.9. The topological polar surface area (TPSA) is 84.7 Å². The number of imide groups is 1. The number of primary amides is 1. The number of nitrogens with one attached hydrogen (secondary N) is 1. The van der Waals surface area contributed by atoms with Crippen LogP contribution in [0, 0.1) is 0 Å². The van der Waals surface area contributed by atoms with E-state index in [1.807, 2.05) is 0 Å². The molecule has 3 amide bonds. The number of nitrogens with two attached hydrogens (primary N) is 1. The second-order valence-corrected chi connectivity index (χ2v) is 5.19. The van der Waals surface area contributed by atoms with Gasteiger partial charge in [0.2, 0.25) is 0 Å². The summed E-state index contributed by atoms with van der Waals surface area (Å²) in [7, 11) is 0. The molecule has 1 atom stereocenters. The van der Waals surface area contributed by atoms with Crippen molar-refractivity contribution in [3.63, 3.8) is 0 Å². The van der Waals surface area contributed by atoms with Crippen LogP contribution in [0.4, 0.5) is 9.59 Å². The first-order valence-corrected chi connectivity index (χ1v) is 5.83. The summed E-state index contributed by atoms with van der Waals surface area (Å²) in [5.41, 5.74) is 4.61. The second-order valence-electron chi connectivity index (χ2n) is 5.19. The monoisotopic (exact) mass is 243 g/mol. The van der Waals surface area contributed by atoms with Gasteiger partial charge in [0, 0.05) is 6.54 Å². The van der Waals surface area contributed by atoms with Crippen molar-refractivity contribution < 1.29 is 14.3 Å². The molecule has 0 aromatic heterocycles. The predicted molar refractivity (Wildman–Crippen MR) is 63.5 cm³/mol. The largest absolute Gasteiger partial charge is 0.443 e. The molecule has 1 aliphatic heterocycles. The first kappa shape index (κ1) is 13.8. The van der Waals surface area contributed by atoms with E-state index in [2.05, 4.69) is 5.32 Å². The van der Waals surface area contributed by atoms with E-state index >= 15 is 0 Å². The number of carbonyl (C=O) groups is 2. The minimum absolute atomic E-state index is 0.212. The highest BCUT2D eigenvalue weighted by Crippen LogP contribution is 2.15. The average Bonchev–Trinajstić information content (AvgIpc) is 2.15. The van der Waals surface area contributed by atoms with Crippen molar-refractivity contribution in [2.75, 3.05) is 13.1 Å². The first-order valence-electron chi connectivity index (χ1n) is 5.83. The van der Waals surface area contributed by atoms with E-state index in [0.717, 1.165) is 24.3 Å². The number of ether oxygens (including phenoxy) is 1. The zero-order valence-electron chi connectivity index (χ0n) is 10.7. The highest BCUT2D eigenvalue weighted by Gasteiger charge is 2.32. The third-order valence-corrected chi connectivity index (χ3v) is 2.46. The van der Waals surface area contributed by atoms with Crippen molar-refractivity contribution in [3.05, 3.63) is 0 Å². The standard InChI is InChI=1S/C11H21N3O3/c1-11(2,3)17-10(16)14(9(12)15)8-5-4-6-13-7-8/h8,13H,4-7H2,1-3H3,(H2,12,15)/t8-/m0/s1. The number of nitrogens with zero attached hydrogens (tertiary/aromatic N) is 1. The van der Waals surface area contributed by atoms with Crippen LogP contribution >= 0.6 is 0 Å². The molecule has 6 nitrogen and oxygen atoms in total. The second kappa shape index (κ2) is 5.35. The lowest BCUT2D eigenvalue weighted by atomic mass is 10.1. The molecule has 3 N–H and O–H groups in total. The SMILES string of the molecule is CC(C)(C)OC(=O)N(C(N)=O)[C@H]1CCCNC1. The van der Waals surface area contributed by atoms with Crippen molar-refractivity contribution in [2.24, 2.45) is 5.73 Å². The number of hydrogen-bond donors (Lipinski definition) is 2. The van der Waals surface area contributed by atoms with Crippen LogP contribution in [0.3, 0.4) is 0 Å². The van der Waals surface area contributed by atoms with Gasteiger partial charge in [-0.2, -0.15) is 0 Å². The number of hydrogen-bond acceptors (Lipinski definition) is 4. The Kier molecular flexibility index (Phi) is 4.34. The van der Waals surface area contributed by atoms with Gasteiger partial charge in [0.25, 0.3) is 0 Å². The van der Waals surface area contributed by atoms with Gasteiger partial charge in [-0.05, 0) is 40.2 Å². The Morgan fingerprint density at radius 2 is 2.06 bits per heavy atom. The van der Waals surface area contributed by atoms with Crippen LogP contribution < -0.4 is 11.1 Å². The molecule has 0 aliphatic carbocycles. The summed E-state index contributed by atoms with van der Waals surface area (Å²) in [6.07, 6.45) is 1.01. The number of piperidine rings is 1. The van der Waals surface area contributed by atoms with Gasteiger partial charge in [-0.3, -0.25) is 0 Å². The van der Waals surface area contributed by atoms with Crippen molar-refractivity contribution in [1.29, 1.82) is 0 Å². The van der Waals surface area contributed by atoms with Crippen LogP contribution in [-0.4, -0.2) is 41.8 Å². The molecule has 98 valence electrons. The fraction of sp³-hybridized carbons (Fsp3) is 0.818. The molecule has 0 unspecified atom stereocenters. The quantitative estimate of drug-likeness (QED) is 0.721. The van der Waals surface area contributed by atoms with E-state index in [1.54, 1.807) is 20.8 Å². The molecule has 0 aromatic rings. The fourth-order valence-corrected chi connectivity index (χ4v) is 1.78. The van der Waals surface area contributed by atoms with Crippen LogP contribution in [0.2, 0.25) is 0 Å². The number of carbonyl (C=O) groups excluding carboxylic acids is 2. The first-order chi connectivity index (χ1) is 7.81. The molecule has 17 heavy (non-hydrogen) atoms. The lowest BCUT2D eigenvalue weighted by molar-refractivity contribution is 0.0243. The molecule has 1 rings (SSSR count). The van der Waals surface area contributed by atoms with Gasteiger partial charge in [-0.15, -0.1) is 0 Å². The van der Waals surface area contributed by atoms with E-state index in [4.69, 9.17) is 10.5 Å². The Hall–Kier alpha value is -1.30. The maximum atomic E-state index is 11.9. The van der Waals surface area contributed by atoms with E-state index in [-0.39, 0.29) is 6.04 Å². The molecular weight excluding hydrogens is 222 g/mol. The van der Waals surface area contributed by atoms with Crippen molar-refractivity contribution in [1.82, 2.24) is 10.2 Å². The van der Waals surface area contributed by atoms with Crippen LogP contribution in [0.15, 0.2) is 0 Å². The number of urea groups is 1. The Bertz CT molecular complexity index is 293. The molecule has 0 spiro atoms. The van der Waals surface area contributed by atoms with E-state index in [9.17, 15) is 9.59 Å². The van der Waals surface area contributed by atoms with Crippen LogP contribution in [-0.2, 0) is 4.74 Å². The molecule has 1 aliphatic rings. The summed E-state index contributed by atoms with van der Waals surface area (Å²) >= 11 is 0. The summed E-state index contributed by atoms with van der Waals surface area (Å²) in [6, 6.07) is -0.968. The zero-order valence-corrected chi connectivity index (χ0v) is 10.7. The Balaban J connectivity index is 2.71. The van der Waals surface area contributed by atoms with Gasteiger partial charge in [0.1, 0.15) is 5.60 Å². The lowest BCUT2D eigenvalue weighted by Gasteiger charge is -2.33. The highest BCUT2D eigenvalue weighted by atomic mass is 16.6. The number of rotatable bonds is 1. The third kappa shape index (κ3) is 4.22. The average molecular weight is 243 g/mol. The summed E-state index contributed by atoms with van der Waals surface area (Å²) in [6.45, 7) is 6.73. The summed E-state index contributed by atoms with van der Waals surface area (Å²) in [5.74, 6) is 0. The maximum Gasteiger partial charge on any atom is 0.418 e. The van der Waals surface area contributed by atoms with Gasteiger partial charge in [0.15, 0.2) is 0 Å². The smallest absolute Gasteiger partial charge is 0.418 e. The van der Waals surface area contributed by atoms with Crippen LogP contribution in [0.25, 0.3) is 0 Å². The lowest BCUT2D eigenvalue weighted by Crippen LogP contribution is -2.54. The van der Waals surface area contributed by atoms with Gasteiger partial charge < -0.3 is 15.8 Å². The molecule has 1 saturated heterocycles. The molecule has 0 radical (unpaired) electrons. The minimum Gasteiger partial charge on any atom is -0.443 e. The Morgan fingerprint density at radius 3 is 2.47 bits per heavy atom. The molecule has 0 aromatic carbocycles. The molecule has 6 heteroatoms. The van der Waals surface area contributed by atoms with E-state index in [1.165, 1.54) is 0 Å². The zero-order chi connectivity index (χ0) is 13.1. The van der Waals surface area contributed by atoms with Gasteiger partial charge >= 0.3 is 12.1 Å². The van der Waals surface area contributed by atoms with Gasteiger partial charge in [-0.1, -0.05) is 0 Å². The number of amides is 3. The third-order valence-electron chi connectivity index (χ3n) is 2.46. The van der Waals surface area contributed by atoms with Crippen molar-refractivity contribution in [3.8, 4) is 0 Å². The van der Waals surface area contributed by atoms with Gasteiger partial charge in [0.05, 0.1) is 6.04 Å². The summed E-state index contributed by atoms with van der Waals surface area (Å²) < 4.78 is 5.17. The fourth-order valence-electron chi connectivity index (χ4n) is 1.78. The van der Waals surface area contributed by atoms with Crippen LogP contribution in [0.1, 0.15) is 33.6 Å². The highest BCUT2D eigenvalue weighted by molar-refractivity contribution is 5.90. The molecule has 0 bridgehead atoms. The van der Waals surface area contributed by atoms with Crippen molar-refractivity contribution >= 4 is 12.1 Å². The Morgan fingerprint density at radius 1 is 1.41 bits per heavy atom. The predicted octanol–water partition coefficient (Wildman–Crippen LogP) is 1.05. The molecule has 0 saturated carbocycles. The Labute approximate surface area is 101 Å². The minimum atomic E-state index is -0.757. The van der Waals surface area contributed by atoms with Crippen molar-refractivity contribution in [2.45, 2.75) is 45.3 Å². The van der Waals surface area contributed by atoms with E-state index < -0.39 is 17.7 Å². The summed E-state index contributed by atoms with van der Waals surface area (Å²) in [4.78, 5) is 24.2. The summed E-state index contributed by atoms with van der Waals surface area (Å²) in [5, 5.41) is 3.13. The normalized spacial score (nSPS) is 20.8. The van der Waals surface area contributed by atoms with E-state index in [0.29, 0.717) is 6.54 Å². The molecule has 1 heterocycles. The molecular formula is C11H21N3O3. The molecule has 1 fully saturated rings. The van der Waals surface area contributed by atoms with Crippen LogP contribution in [0.5, 0.6) is 0 Å².